The second-order valence-electron chi connectivity index (χ2n) is 6.24. The summed E-state index contributed by atoms with van der Waals surface area (Å²) in [7, 11) is 0. The van der Waals surface area contributed by atoms with Gasteiger partial charge in [0.1, 0.15) is 10.7 Å². The molecule has 0 saturated carbocycles. The molecule has 0 spiro atoms. The first-order valence-corrected chi connectivity index (χ1v) is 9.41. The fraction of sp³-hybridized carbons (Fsp3) is 0.250. The number of rotatable bonds is 4. The predicted octanol–water partition coefficient (Wildman–Crippen LogP) is 4.05. The topological polar surface area (TPSA) is 46.1 Å². The Morgan fingerprint density at radius 3 is 2.80 bits per heavy atom. The number of hydrogen-bond acceptors (Lipinski definition) is 4. The lowest BCUT2D eigenvalue weighted by atomic mass is 10.0. The van der Waals surface area contributed by atoms with Crippen LogP contribution in [0.4, 0.5) is 0 Å². The van der Waals surface area contributed by atoms with E-state index in [2.05, 4.69) is 34.2 Å². The molecule has 1 saturated heterocycles. The van der Waals surface area contributed by atoms with Crippen LogP contribution in [0, 0.1) is 0 Å². The molecule has 4 rings (SSSR count). The highest BCUT2D eigenvalue weighted by atomic mass is 32.1. The van der Waals surface area contributed by atoms with Gasteiger partial charge >= 0.3 is 0 Å². The molecule has 1 fully saturated rings. The molecule has 1 aliphatic rings. The average molecular weight is 349 g/mol. The van der Waals surface area contributed by atoms with E-state index in [1.165, 1.54) is 16.9 Å². The first kappa shape index (κ1) is 16.0. The van der Waals surface area contributed by atoms with Crippen LogP contribution in [0.15, 0.2) is 60.1 Å². The van der Waals surface area contributed by atoms with Gasteiger partial charge in [-0.2, -0.15) is 0 Å². The van der Waals surface area contributed by atoms with Crippen LogP contribution in [-0.4, -0.2) is 33.4 Å². The number of benzene rings is 1. The highest BCUT2D eigenvalue weighted by molar-refractivity contribution is 7.13. The van der Waals surface area contributed by atoms with Crippen molar-refractivity contribution in [2.45, 2.75) is 25.3 Å². The lowest BCUT2D eigenvalue weighted by Gasteiger charge is -2.24. The van der Waals surface area contributed by atoms with Crippen LogP contribution >= 0.6 is 11.3 Å². The summed E-state index contributed by atoms with van der Waals surface area (Å²) in [6, 6.07) is 16.4. The summed E-state index contributed by atoms with van der Waals surface area (Å²) in [4.78, 5) is 23.8. The molecule has 3 heterocycles. The van der Waals surface area contributed by atoms with E-state index >= 15 is 0 Å². The third-order valence-corrected chi connectivity index (χ3v) is 5.42. The summed E-state index contributed by atoms with van der Waals surface area (Å²) in [5.74, 6) is 0.0388. The van der Waals surface area contributed by atoms with Crippen molar-refractivity contribution in [2.24, 2.45) is 0 Å². The van der Waals surface area contributed by atoms with Gasteiger partial charge in [0.2, 0.25) is 0 Å². The highest BCUT2D eigenvalue weighted by Crippen LogP contribution is 2.26. The van der Waals surface area contributed by atoms with E-state index < -0.39 is 0 Å². The Hall–Kier alpha value is -2.53. The molecule has 0 radical (unpaired) electrons. The van der Waals surface area contributed by atoms with E-state index in [0.29, 0.717) is 5.69 Å². The van der Waals surface area contributed by atoms with Crippen LogP contribution in [0.25, 0.3) is 10.7 Å². The summed E-state index contributed by atoms with van der Waals surface area (Å²) in [6.45, 7) is 0.812. The molecule has 5 heteroatoms. The number of nitrogens with zero attached hydrogens (tertiary/aromatic N) is 3. The normalized spacial score (nSPS) is 17.0. The number of carbonyl (C=O) groups is 1. The zero-order valence-corrected chi connectivity index (χ0v) is 14.7. The number of likely N-dealkylation sites (tertiary alicyclic amines) is 1. The molecule has 1 atom stereocenters. The van der Waals surface area contributed by atoms with E-state index in [-0.39, 0.29) is 11.9 Å². The van der Waals surface area contributed by atoms with Gasteiger partial charge in [0.05, 0.1) is 5.69 Å². The second-order valence-corrected chi connectivity index (χ2v) is 7.10. The predicted molar refractivity (Wildman–Crippen MR) is 99.5 cm³/mol. The summed E-state index contributed by atoms with van der Waals surface area (Å²) in [5.41, 5.74) is 2.62. The lowest BCUT2D eigenvalue weighted by Crippen LogP contribution is -2.37. The number of hydrogen-bond donors (Lipinski definition) is 0. The SMILES string of the molecule is O=C(c1csc(-c2ccccn2)n1)N1CCC[C@@H]1Cc1ccccc1. The van der Waals surface area contributed by atoms with Crippen LogP contribution in [0.1, 0.15) is 28.9 Å². The van der Waals surface area contributed by atoms with Crippen molar-refractivity contribution in [1.82, 2.24) is 14.9 Å². The van der Waals surface area contributed by atoms with Gasteiger partial charge in [-0.15, -0.1) is 11.3 Å². The Morgan fingerprint density at radius 1 is 1.16 bits per heavy atom. The molecule has 0 aliphatic carbocycles. The van der Waals surface area contributed by atoms with Crippen LogP contribution < -0.4 is 0 Å². The van der Waals surface area contributed by atoms with E-state index in [0.717, 1.165) is 36.5 Å². The van der Waals surface area contributed by atoms with E-state index in [1.807, 2.05) is 34.5 Å². The van der Waals surface area contributed by atoms with Crippen molar-refractivity contribution in [3.8, 4) is 10.7 Å². The molecule has 25 heavy (non-hydrogen) atoms. The average Bonchev–Trinajstić information content (AvgIpc) is 3.32. The third kappa shape index (κ3) is 3.46. The molecule has 1 amide bonds. The molecule has 0 bridgehead atoms. The Labute approximate surface area is 151 Å². The number of aromatic nitrogens is 2. The van der Waals surface area contributed by atoms with Crippen molar-refractivity contribution in [3.05, 3.63) is 71.4 Å². The molecular formula is C20H19N3OS. The minimum atomic E-state index is 0.0388. The molecular weight excluding hydrogens is 330 g/mol. The van der Waals surface area contributed by atoms with Crippen molar-refractivity contribution in [2.75, 3.05) is 6.54 Å². The fourth-order valence-corrected chi connectivity index (χ4v) is 4.10. The summed E-state index contributed by atoms with van der Waals surface area (Å²) in [6.07, 6.45) is 4.76. The molecule has 4 nitrogen and oxygen atoms in total. The maximum atomic E-state index is 12.9. The molecule has 126 valence electrons. The third-order valence-electron chi connectivity index (χ3n) is 4.56. The Balaban J connectivity index is 1.51. The molecule has 0 N–H and O–H groups in total. The van der Waals surface area contributed by atoms with Gasteiger partial charge in [-0.1, -0.05) is 36.4 Å². The first-order valence-electron chi connectivity index (χ1n) is 8.53. The van der Waals surface area contributed by atoms with Gasteiger partial charge in [-0.25, -0.2) is 4.98 Å². The van der Waals surface area contributed by atoms with Crippen LogP contribution in [0.3, 0.4) is 0 Å². The van der Waals surface area contributed by atoms with Crippen molar-refractivity contribution >= 4 is 17.2 Å². The smallest absolute Gasteiger partial charge is 0.273 e. The van der Waals surface area contributed by atoms with Gasteiger partial charge in [-0.3, -0.25) is 9.78 Å². The summed E-state index contributed by atoms with van der Waals surface area (Å²) < 4.78 is 0. The monoisotopic (exact) mass is 349 g/mol. The van der Waals surface area contributed by atoms with Crippen molar-refractivity contribution in [3.63, 3.8) is 0 Å². The van der Waals surface area contributed by atoms with Gasteiger partial charge in [0, 0.05) is 24.2 Å². The highest BCUT2D eigenvalue weighted by Gasteiger charge is 2.30. The minimum Gasteiger partial charge on any atom is -0.334 e. The Kier molecular flexibility index (Phi) is 4.57. The molecule has 1 aromatic carbocycles. The fourth-order valence-electron chi connectivity index (χ4n) is 3.33. The van der Waals surface area contributed by atoms with E-state index in [1.54, 1.807) is 6.20 Å². The Morgan fingerprint density at radius 2 is 2.00 bits per heavy atom. The minimum absolute atomic E-state index is 0.0388. The van der Waals surface area contributed by atoms with Gasteiger partial charge in [-0.05, 0) is 37.0 Å². The lowest BCUT2D eigenvalue weighted by molar-refractivity contribution is 0.0731. The largest absolute Gasteiger partial charge is 0.334 e. The first-order chi connectivity index (χ1) is 12.3. The summed E-state index contributed by atoms with van der Waals surface area (Å²) in [5, 5.41) is 2.65. The maximum absolute atomic E-state index is 12.9. The maximum Gasteiger partial charge on any atom is 0.273 e. The van der Waals surface area contributed by atoms with Crippen LogP contribution in [0.5, 0.6) is 0 Å². The summed E-state index contributed by atoms with van der Waals surface area (Å²) >= 11 is 1.47. The number of thiazole rings is 1. The van der Waals surface area contributed by atoms with Crippen LogP contribution in [-0.2, 0) is 6.42 Å². The number of carbonyl (C=O) groups excluding carboxylic acids is 1. The standard InChI is InChI=1S/C20H19N3OS/c24-20(18-14-25-19(22-18)17-10-4-5-11-21-17)23-12-6-9-16(23)13-15-7-2-1-3-8-15/h1-5,7-8,10-11,14,16H,6,9,12-13H2/t16-/m1/s1. The van der Waals surface area contributed by atoms with Crippen LogP contribution in [0.2, 0.25) is 0 Å². The zero-order valence-electron chi connectivity index (χ0n) is 13.8. The molecule has 3 aromatic rings. The van der Waals surface area contributed by atoms with E-state index in [4.69, 9.17) is 0 Å². The Bertz CT molecular complexity index is 848. The number of pyridine rings is 1. The van der Waals surface area contributed by atoms with Crippen molar-refractivity contribution in [1.29, 1.82) is 0 Å². The van der Waals surface area contributed by atoms with Gasteiger partial charge in [0.15, 0.2) is 0 Å². The van der Waals surface area contributed by atoms with Gasteiger partial charge in [0.25, 0.3) is 5.91 Å². The second kappa shape index (κ2) is 7.15. The van der Waals surface area contributed by atoms with E-state index in [9.17, 15) is 4.79 Å². The number of amides is 1. The quantitative estimate of drug-likeness (QED) is 0.714. The zero-order chi connectivity index (χ0) is 17.1. The molecule has 0 unspecified atom stereocenters. The molecule has 2 aromatic heterocycles. The van der Waals surface area contributed by atoms with Gasteiger partial charge < -0.3 is 4.90 Å². The molecule has 1 aliphatic heterocycles. The van der Waals surface area contributed by atoms with Crippen molar-refractivity contribution < 1.29 is 4.79 Å².